The van der Waals surface area contributed by atoms with Gasteiger partial charge in [-0.05, 0) is 25.1 Å². The second kappa shape index (κ2) is 4.33. The van der Waals surface area contributed by atoms with Crippen LogP contribution in [0.5, 0.6) is 0 Å². The molecule has 0 aliphatic carbocycles. The van der Waals surface area contributed by atoms with Gasteiger partial charge in [0, 0.05) is 11.8 Å². The first kappa shape index (κ1) is 12.7. The summed E-state index contributed by atoms with van der Waals surface area (Å²) in [4.78, 5) is 0. The first-order chi connectivity index (χ1) is 9.45. The van der Waals surface area contributed by atoms with Crippen LogP contribution in [0.4, 0.5) is 13.2 Å². The Kier molecular flexibility index (Phi) is 2.74. The third-order valence-electron chi connectivity index (χ3n) is 3.01. The molecule has 20 heavy (non-hydrogen) atoms. The summed E-state index contributed by atoms with van der Waals surface area (Å²) in [6, 6.07) is 9.72. The van der Waals surface area contributed by atoms with E-state index in [1.807, 2.05) is 25.1 Å². The maximum absolute atomic E-state index is 12.8. The highest BCUT2D eigenvalue weighted by atomic mass is 19.4. The van der Waals surface area contributed by atoms with Gasteiger partial charge in [0.2, 0.25) is 0 Å². The van der Waals surface area contributed by atoms with Gasteiger partial charge in [-0.3, -0.25) is 4.40 Å². The minimum Gasteiger partial charge on any atom is -0.282 e. The molecule has 0 radical (unpaired) electrons. The van der Waals surface area contributed by atoms with Gasteiger partial charge < -0.3 is 0 Å². The lowest BCUT2D eigenvalue weighted by atomic mass is 10.1. The van der Waals surface area contributed by atoms with E-state index < -0.39 is 11.7 Å². The Hall–Kier alpha value is -2.37. The molecule has 0 aliphatic rings. The number of alkyl halides is 3. The number of nitrogens with zero attached hydrogens (tertiary/aromatic N) is 3. The molecule has 2 aromatic heterocycles. The predicted molar refractivity (Wildman–Crippen MR) is 68.2 cm³/mol. The molecular weight excluding hydrogens is 267 g/mol. The molecule has 0 spiro atoms. The van der Waals surface area contributed by atoms with E-state index in [1.54, 1.807) is 6.07 Å². The number of aryl methyl sites for hydroxylation is 1. The number of rotatable bonds is 1. The number of fused-ring (bicyclic) bond motifs is 1. The molecule has 102 valence electrons. The van der Waals surface area contributed by atoms with Crippen molar-refractivity contribution in [3.05, 3.63) is 53.7 Å². The summed E-state index contributed by atoms with van der Waals surface area (Å²) in [6.45, 7) is 1.91. The zero-order valence-electron chi connectivity index (χ0n) is 10.5. The topological polar surface area (TPSA) is 30.2 Å². The van der Waals surface area contributed by atoms with Crippen molar-refractivity contribution in [2.75, 3.05) is 0 Å². The number of benzene rings is 1. The van der Waals surface area contributed by atoms with Crippen LogP contribution in [0.2, 0.25) is 0 Å². The molecule has 0 aliphatic heterocycles. The monoisotopic (exact) mass is 277 g/mol. The van der Waals surface area contributed by atoms with Crippen LogP contribution in [0.25, 0.3) is 17.0 Å². The fourth-order valence-electron chi connectivity index (χ4n) is 2.04. The van der Waals surface area contributed by atoms with Crippen molar-refractivity contribution in [2.45, 2.75) is 13.1 Å². The van der Waals surface area contributed by atoms with Crippen molar-refractivity contribution >= 4 is 5.65 Å². The highest BCUT2D eigenvalue weighted by Gasteiger charge is 2.31. The molecule has 0 saturated carbocycles. The van der Waals surface area contributed by atoms with E-state index in [4.69, 9.17) is 0 Å². The number of aromatic nitrogens is 3. The van der Waals surface area contributed by atoms with Crippen LogP contribution < -0.4 is 0 Å². The molecule has 2 heterocycles. The van der Waals surface area contributed by atoms with Gasteiger partial charge in [-0.15, -0.1) is 10.2 Å². The second-order valence-electron chi connectivity index (χ2n) is 4.54. The molecule has 0 unspecified atom stereocenters. The summed E-state index contributed by atoms with van der Waals surface area (Å²) in [5.41, 5.74) is 1.40. The van der Waals surface area contributed by atoms with Gasteiger partial charge in [-0.25, -0.2) is 0 Å². The zero-order valence-corrected chi connectivity index (χ0v) is 10.5. The number of hydrogen-bond donors (Lipinski definition) is 0. The van der Waals surface area contributed by atoms with Gasteiger partial charge in [0.05, 0.1) is 5.56 Å². The molecule has 0 amide bonds. The molecule has 3 nitrogen and oxygen atoms in total. The third kappa shape index (κ3) is 2.13. The molecule has 0 bridgehead atoms. The second-order valence-corrected chi connectivity index (χ2v) is 4.54. The molecule has 0 atom stereocenters. The van der Waals surface area contributed by atoms with Gasteiger partial charge in [0.25, 0.3) is 0 Å². The summed E-state index contributed by atoms with van der Waals surface area (Å²) in [5.74, 6) is 0.398. The Balaban J connectivity index is 2.22. The van der Waals surface area contributed by atoms with Crippen molar-refractivity contribution in [1.29, 1.82) is 0 Å². The lowest BCUT2D eigenvalue weighted by Gasteiger charge is -2.07. The Labute approximate surface area is 112 Å². The quantitative estimate of drug-likeness (QED) is 0.678. The normalized spacial score (nSPS) is 12.0. The molecule has 0 N–H and O–H groups in total. The van der Waals surface area contributed by atoms with Gasteiger partial charge >= 0.3 is 6.18 Å². The smallest absolute Gasteiger partial charge is 0.282 e. The predicted octanol–water partition coefficient (Wildman–Crippen LogP) is 3.72. The van der Waals surface area contributed by atoms with Crippen molar-refractivity contribution in [3.8, 4) is 11.4 Å². The van der Waals surface area contributed by atoms with Crippen molar-refractivity contribution < 1.29 is 13.2 Å². The van der Waals surface area contributed by atoms with Gasteiger partial charge in [-0.1, -0.05) is 23.8 Å². The van der Waals surface area contributed by atoms with E-state index in [0.717, 1.165) is 23.4 Å². The average molecular weight is 277 g/mol. The van der Waals surface area contributed by atoms with Gasteiger partial charge in [0.15, 0.2) is 11.5 Å². The summed E-state index contributed by atoms with van der Waals surface area (Å²) >= 11 is 0. The van der Waals surface area contributed by atoms with Crippen LogP contribution in [0.3, 0.4) is 0 Å². The van der Waals surface area contributed by atoms with Gasteiger partial charge in [-0.2, -0.15) is 13.2 Å². The Morgan fingerprint density at radius 1 is 1.05 bits per heavy atom. The summed E-state index contributed by atoms with van der Waals surface area (Å²) < 4.78 is 39.7. The standard InChI is InChI=1S/C14H10F3N3/c1-9-3-2-4-10(7-9)13-19-18-12-6-5-11(8-20(12)13)14(15,16)17/h2-8H,1H3. The van der Waals surface area contributed by atoms with E-state index in [-0.39, 0.29) is 0 Å². The average Bonchev–Trinajstić information content (AvgIpc) is 2.80. The summed E-state index contributed by atoms with van der Waals surface area (Å²) in [6.07, 6.45) is -3.37. The first-order valence-electron chi connectivity index (χ1n) is 5.94. The summed E-state index contributed by atoms with van der Waals surface area (Å²) in [7, 11) is 0. The molecule has 6 heteroatoms. The highest BCUT2D eigenvalue weighted by molar-refractivity contribution is 5.60. The minimum atomic E-state index is -4.39. The van der Waals surface area contributed by atoms with Crippen molar-refractivity contribution in [1.82, 2.24) is 14.6 Å². The van der Waals surface area contributed by atoms with E-state index >= 15 is 0 Å². The van der Waals surface area contributed by atoms with Crippen molar-refractivity contribution in [2.24, 2.45) is 0 Å². The number of pyridine rings is 1. The van der Waals surface area contributed by atoms with Crippen molar-refractivity contribution in [3.63, 3.8) is 0 Å². The van der Waals surface area contributed by atoms with Gasteiger partial charge in [0.1, 0.15) is 0 Å². The van der Waals surface area contributed by atoms with Crippen LogP contribution in [-0.2, 0) is 6.18 Å². The maximum Gasteiger partial charge on any atom is 0.417 e. The molecule has 1 aromatic carbocycles. The van der Waals surface area contributed by atoms with E-state index in [0.29, 0.717) is 11.5 Å². The Morgan fingerprint density at radius 2 is 1.85 bits per heavy atom. The molecule has 3 rings (SSSR count). The van der Waals surface area contributed by atoms with Crippen LogP contribution >= 0.6 is 0 Å². The largest absolute Gasteiger partial charge is 0.417 e. The maximum atomic E-state index is 12.8. The van der Waals surface area contributed by atoms with Crippen LogP contribution in [0, 0.1) is 6.92 Å². The highest BCUT2D eigenvalue weighted by Crippen LogP contribution is 2.30. The fraction of sp³-hybridized carbons (Fsp3) is 0.143. The molecule has 3 aromatic rings. The molecule has 0 saturated heterocycles. The SMILES string of the molecule is Cc1cccc(-c2nnc3ccc(C(F)(F)F)cn23)c1. The Morgan fingerprint density at radius 3 is 2.55 bits per heavy atom. The minimum absolute atomic E-state index is 0.384. The molecular formula is C14H10F3N3. The number of halogens is 3. The summed E-state index contributed by atoms with van der Waals surface area (Å²) in [5, 5.41) is 7.87. The zero-order chi connectivity index (χ0) is 14.3. The van der Waals surface area contributed by atoms with Crippen LogP contribution in [-0.4, -0.2) is 14.6 Å². The number of hydrogen-bond acceptors (Lipinski definition) is 2. The van der Waals surface area contributed by atoms with E-state index in [1.165, 1.54) is 10.5 Å². The van der Waals surface area contributed by atoms with Crippen LogP contribution in [0.1, 0.15) is 11.1 Å². The Bertz CT molecular complexity index is 775. The molecule has 0 fully saturated rings. The lowest BCUT2D eigenvalue weighted by Crippen LogP contribution is -2.06. The third-order valence-corrected chi connectivity index (χ3v) is 3.01. The first-order valence-corrected chi connectivity index (χ1v) is 5.94. The fourth-order valence-corrected chi connectivity index (χ4v) is 2.04. The van der Waals surface area contributed by atoms with Crippen LogP contribution in [0.15, 0.2) is 42.6 Å². The van der Waals surface area contributed by atoms with E-state index in [2.05, 4.69) is 10.2 Å². The lowest BCUT2D eigenvalue weighted by molar-refractivity contribution is -0.137. The van der Waals surface area contributed by atoms with E-state index in [9.17, 15) is 13.2 Å².